The van der Waals surface area contributed by atoms with Gasteiger partial charge in [-0.25, -0.2) is 0 Å². The van der Waals surface area contributed by atoms with Gasteiger partial charge in [0.1, 0.15) is 86.3 Å². The van der Waals surface area contributed by atoms with Gasteiger partial charge in [-0.15, -0.1) is 6.58 Å². The number of aliphatic carboxylic acids is 1. The van der Waals surface area contributed by atoms with Gasteiger partial charge >= 0.3 is 11.9 Å². The van der Waals surface area contributed by atoms with E-state index in [4.69, 9.17) is 38.3 Å². The van der Waals surface area contributed by atoms with Crippen molar-refractivity contribution in [3.05, 3.63) is 47.6 Å². The fourth-order valence-corrected chi connectivity index (χ4v) is 6.82. The number of aliphatic hydroxyl groups excluding tert-OH is 10. The van der Waals surface area contributed by atoms with Gasteiger partial charge in [0.15, 0.2) is 18.9 Å². The van der Waals surface area contributed by atoms with Gasteiger partial charge in [0.05, 0.1) is 25.4 Å². The second-order valence-electron chi connectivity index (χ2n) is 16.0. The Morgan fingerprint density at radius 2 is 1.15 bits per heavy atom. The lowest BCUT2D eigenvalue weighted by Gasteiger charge is -2.46. The number of allylic oxidation sites excluding steroid dienone is 5. The molecular weight excluding hydrogens is 812 g/mol. The standard InChI is InChI=1S/C41H66O20/c1-6-41(5,61-39-36(54)33(51)30(48)25(18-43)58-39)15-9-14-22(3)11-7-10-21(2)12-8-13-23(4)19-56-40-37(60-38-35(53)32(50)29(47)24(17-42)57-38)34(52)31(49)26(59-40)20-55-28(46)16-27(44)45/h6,10,13-14,24-26,29-40,42-43,47-54H,1,7-9,11-12,15-20H2,2-5H3,(H,44,45)/b21-10+,22-14+,23-13-/t24-,25-,26-,29-,30-,31-,32+,33+,34+,35-,36-,37-,38+,39+,40-,41-/m1/s1. The number of hydrogen-bond donors (Lipinski definition) is 11. The van der Waals surface area contributed by atoms with Crippen LogP contribution in [0.25, 0.3) is 0 Å². The highest BCUT2D eigenvalue weighted by molar-refractivity contribution is 5.90. The Morgan fingerprint density at radius 1 is 0.656 bits per heavy atom. The fourth-order valence-electron chi connectivity index (χ4n) is 6.82. The summed E-state index contributed by atoms with van der Waals surface area (Å²) in [6.07, 6.45) is -12.5. The van der Waals surface area contributed by atoms with E-state index in [1.54, 1.807) is 19.9 Å². The van der Waals surface area contributed by atoms with Crippen molar-refractivity contribution in [1.82, 2.24) is 0 Å². The first-order valence-electron chi connectivity index (χ1n) is 20.3. The van der Waals surface area contributed by atoms with Gasteiger partial charge in [-0.1, -0.05) is 41.0 Å². The van der Waals surface area contributed by atoms with Crippen molar-refractivity contribution in [2.75, 3.05) is 26.4 Å². The number of carbonyl (C=O) groups excluding carboxylic acids is 1. The third-order valence-electron chi connectivity index (χ3n) is 10.8. The Morgan fingerprint density at radius 3 is 1.69 bits per heavy atom. The molecule has 0 saturated carbocycles. The summed E-state index contributed by atoms with van der Waals surface area (Å²) in [5.41, 5.74) is 2.10. The highest BCUT2D eigenvalue weighted by atomic mass is 16.8. The molecule has 350 valence electrons. The van der Waals surface area contributed by atoms with Crippen molar-refractivity contribution in [3.8, 4) is 0 Å². The third-order valence-corrected chi connectivity index (χ3v) is 10.8. The maximum Gasteiger partial charge on any atom is 0.317 e. The van der Waals surface area contributed by atoms with Crippen LogP contribution < -0.4 is 0 Å². The van der Waals surface area contributed by atoms with Gasteiger partial charge in [-0.05, 0) is 66.2 Å². The van der Waals surface area contributed by atoms with Gasteiger partial charge in [-0.3, -0.25) is 9.59 Å². The molecule has 0 spiro atoms. The molecule has 0 amide bonds. The van der Waals surface area contributed by atoms with E-state index in [-0.39, 0.29) is 6.61 Å². The Bertz CT molecular complexity index is 1480. The van der Waals surface area contributed by atoms with Gasteiger partial charge in [0, 0.05) is 0 Å². The normalized spacial score (nSPS) is 36.3. The summed E-state index contributed by atoms with van der Waals surface area (Å²) in [5.74, 6) is -2.55. The highest BCUT2D eigenvalue weighted by Gasteiger charge is 2.51. The fraction of sp³-hybridized carbons (Fsp3) is 0.756. The van der Waals surface area contributed by atoms with Crippen LogP contribution in [0.15, 0.2) is 47.6 Å². The molecule has 0 radical (unpaired) electrons. The number of carboxylic acids is 1. The molecule has 0 aromatic rings. The first kappa shape index (κ1) is 52.6. The number of ether oxygens (including phenoxy) is 7. The summed E-state index contributed by atoms with van der Waals surface area (Å²) >= 11 is 0. The van der Waals surface area contributed by atoms with E-state index in [0.717, 1.165) is 36.0 Å². The molecule has 3 fully saturated rings. The predicted molar refractivity (Wildman–Crippen MR) is 211 cm³/mol. The van der Waals surface area contributed by atoms with E-state index >= 15 is 0 Å². The zero-order chi connectivity index (χ0) is 45.6. The molecule has 0 aromatic heterocycles. The van der Waals surface area contributed by atoms with Crippen molar-refractivity contribution in [2.24, 2.45) is 0 Å². The zero-order valence-corrected chi connectivity index (χ0v) is 35.0. The predicted octanol–water partition coefficient (Wildman–Crippen LogP) is -1.41. The van der Waals surface area contributed by atoms with Crippen molar-refractivity contribution >= 4 is 11.9 Å². The number of rotatable bonds is 23. The minimum Gasteiger partial charge on any atom is -0.481 e. The van der Waals surface area contributed by atoms with E-state index in [2.05, 4.69) is 18.7 Å². The monoisotopic (exact) mass is 878 g/mol. The number of aliphatic hydroxyl groups is 10. The van der Waals surface area contributed by atoms with Crippen molar-refractivity contribution in [1.29, 1.82) is 0 Å². The van der Waals surface area contributed by atoms with Gasteiger partial charge < -0.3 is 89.3 Å². The second kappa shape index (κ2) is 24.9. The molecule has 0 unspecified atom stereocenters. The van der Waals surface area contributed by atoms with Crippen LogP contribution in [0, 0.1) is 0 Å². The molecule has 3 saturated heterocycles. The smallest absolute Gasteiger partial charge is 0.317 e. The first-order chi connectivity index (χ1) is 28.7. The Kier molecular flexibility index (Phi) is 21.5. The van der Waals surface area contributed by atoms with Gasteiger partial charge in [-0.2, -0.15) is 0 Å². The molecule has 11 N–H and O–H groups in total. The minimum atomic E-state index is -1.84. The number of carbonyl (C=O) groups is 2. The third kappa shape index (κ3) is 15.5. The van der Waals surface area contributed by atoms with Crippen LogP contribution in [-0.4, -0.2) is 192 Å². The molecule has 0 aliphatic carbocycles. The summed E-state index contributed by atoms with van der Waals surface area (Å²) in [4.78, 5) is 22.7. The second-order valence-corrected chi connectivity index (χ2v) is 16.0. The average molecular weight is 879 g/mol. The molecule has 0 aromatic carbocycles. The summed E-state index contributed by atoms with van der Waals surface area (Å²) in [7, 11) is 0. The number of hydrogen-bond acceptors (Lipinski definition) is 19. The Labute approximate surface area is 354 Å². The molecule has 0 bridgehead atoms. The lowest BCUT2D eigenvalue weighted by Crippen LogP contribution is -2.64. The molecule has 61 heavy (non-hydrogen) atoms. The largest absolute Gasteiger partial charge is 0.481 e. The van der Waals surface area contributed by atoms with E-state index in [1.165, 1.54) is 0 Å². The van der Waals surface area contributed by atoms with Crippen molar-refractivity contribution in [2.45, 2.75) is 170 Å². The summed E-state index contributed by atoms with van der Waals surface area (Å²) in [6, 6.07) is 0. The molecule has 3 heterocycles. The molecule has 3 rings (SSSR count). The Hall–Kier alpha value is -2.74. The van der Waals surface area contributed by atoms with Crippen LogP contribution in [0.4, 0.5) is 0 Å². The SMILES string of the molecule is C=C[C@](C)(CC/C=C(\C)CC/C=C(\C)CC/C=C(/C)CO[C@@H]1O[C@H](COC(=O)CC(=O)O)[C@@H](O)[C@H](O)[C@H]1O[C@@H]1O[C@H](CO)[C@@H](O)[C@H](O)[C@H]1O)O[C@@H]1O[C@H](CO)[C@@H](O)[C@H](O)[C@H]1O. The van der Waals surface area contributed by atoms with Crippen LogP contribution in [0.3, 0.4) is 0 Å². The number of carboxylic acid groups (broad SMARTS) is 1. The summed E-state index contributed by atoms with van der Waals surface area (Å²) in [5, 5.41) is 111. The topological polar surface area (TPSA) is 321 Å². The summed E-state index contributed by atoms with van der Waals surface area (Å²) < 4.78 is 39.2. The molecular formula is C41H66O20. The molecule has 16 atom stereocenters. The number of esters is 1. The molecule has 20 nitrogen and oxygen atoms in total. The Balaban J connectivity index is 1.53. The van der Waals surface area contributed by atoms with Crippen LogP contribution in [-0.2, 0) is 42.7 Å². The molecule has 20 heteroatoms. The van der Waals surface area contributed by atoms with E-state index in [1.807, 2.05) is 19.9 Å². The van der Waals surface area contributed by atoms with E-state index in [9.17, 15) is 60.7 Å². The van der Waals surface area contributed by atoms with Crippen LogP contribution in [0.5, 0.6) is 0 Å². The van der Waals surface area contributed by atoms with Crippen molar-refractivity contribution < 1.29 is 98.9 Å². The average Bonchev–Trinajstić information content (AvgIpc) is 3.21. The maximum atomic E-state index is 11.8. The molecule has 3 aliphatic heterocycles. The molecule has 3 aliphatic rings. The van der Waals surface area contributed by atoms with E-state index < -0.39 is 136 Å². The summed E-state index contributed by atoms with van der Waals surface area (Å²) in [6.45, 7) is 9.39. The van der Waals surface area contributed by atoms with Gasteiger partial charge in [0.25, 0.3) is 0 Å². The maximum absolute atomic E-state index is 11.8. The zero-order valence-electron chi connectivity index (χ0n) is 35.0. The quantitative estimate of drug-likeness (QED) is 0.0319. The van der Waals surface area contributed by atoms with Crippen LogP contribution in [0.2, 0.25) is 0 Å². The lowest BCUT2D eigenvalue weighted by molar-refractivity contribution is -0.366. The van der Waals surface area contributed by atoms with E-state index in [0.29, 0.717) is 19.3 Å². The minimum absolute atomic E-state index is 0.0707. The van der Waals surface area contributed by atoms with Crippen molar-refractivity contribution in [3.63, 3.8) is 0 Å². The van der Waals surface area contributed by atoms with Crippen LogP contribution >= 0.6 is 0 Å². The van der Waals surface area contributed by atoms with Gasteiger partial charge in [0.2, 0.25) is 0 Å². The lowest BCUT2D eigenvalue weighted by atomic mass is 9.96. The first-order valence-corrected chi connectivity index (χ1v) is 20.3. The van der Waals surface area contributed by atoms with Crippen LogP contribution in [0.1, 0.15) is 72.6 Å². The highest BCUT2D eigenvalue weighted by Crippen LogP contribution is 2.32.